The second-order valence-corrected chi connectivity index (χ2v) is 6.89. The molecule has 3 rings (SSSR count). The van der Waals surface area contributed by atoms with Gasteiger partial charge in [0.05, 0.1) is 19.8 Å². The molecule has 10 nitrogen and oxygen atoms in total. The van der Waals surface area contributed by atoms with Gasteiger partial charge >= 0.3 is 0 Å². The summed E-state index contributed by atoms with van der Waals surface area (Å²) < 4.78 is 21.5. The molecule has 1 aromatic rings. The molecule has 0 aliphatic carbocycles. The van der Waals surface area contributed by atoms with E-state index in [4.69, 9.17) is 18.9 Å². The van der Waals surface area contributed by atoms with Gasteiger partial charge in [-0.15, -0.1) is 0 Å². The van der Waals surface area contributed by atoms with Gasteiger partial charge in [-0.1, -0.05) is 30.3 Å². The van der Waals surface area contributed by atoms with Gasteiger partial charge in [0.1, 0.15) is 42.7 Å². The van der Waals surface area contributed by atoms with Crippen molar-refractivity contribution in [2.24, 2.45) is 0 Å². The summed E-state index contributed by atoms with van der Waals surface area (Å²) in [6, 6.07) is 9.14. The number of aliphatic hydroxyl groups excluding tert-OH is 6. The molecule has 2 aliphatic heterocycles. The summed E-state index contributed by atoms with van der Waals surface area (Å²) in [6.45, 7) is -0.435. The molecule has 1 aromatic carbocycles. The van der Waals surface area contributed by atoms with E-state index in [2.05, 4.69) is 0 Å². The highest BCUT2D eigenvalue weighted by Crippen LogP contribution is 2.25. The molecule has 0 unspecified atom stereocenters. The maximum atomic E-state index is 10.1. The average Bonchev–Trinajstić information content (AvgIpc) is 2.71. The Labute approximate surface area is 161 Å². The van der Waals surface area contributed by atoms with E-state index in [1.54, 1.807) is 0 Å². The smallest absolute Gasteiger partial charge is 0.187 e. The molecular weight excluding hydrogens is 376 g/mol. The van der Waals surface area contributed by atoms with E-state index in [1.807, 2.05) is 30.3 Å². The molecule has 0 aromatic heterocycles. The van der Waals surface area contributed by atoms with Crippen molar-refractivity contribution in [1.82, 2.24) is 0 Å². The van der Waals surface area contributed by atoms with Crippen LogP contribution in [-0.2, 0) is 25.6 Å². The zero-order valence-electron chi connectivity index (χ0n) is 15.0. The van der Waals surface area contributed by atoms with E-state index in [1.165, 1.54) is 0 Å². The van der Waals surface area contributed by atoms with Crippen LogP contribution in [-0.4, -0.2) is 99.2 Å². The number of ether oxygens (including phenoxy) is 4. The Morgan fingerprint density at radius 2 is 1.46 bits per heavy atom. The van der Waals surface area contributed by atoms with E-state index in [0.717, 1.165) is 5.56 Å². The van der Waals surface area contributed by atoms with Gasteiger partial charge in [0.25, 0.3) is 0 Å². The molecule has 0 spiro atoms. The highest BCUT2D eigenvalue weighted by atomic mass is 16.7. The summed E-state index contributed by atoms with van der Waals surface area (Å²) in [7, 11) is 0. The molecule has 0 radical (unpaired) electrons. The molecule has 10 heteroatoms. The molecule has 2 fully saturated rings. The molecule has 9 atom stereocenters. The molecule has 28 heavy (non-hydrogen) atoms. The van der Waals surface area contributed by atoms with Gasteiger partial charge in [0.2, 0.25) is 0 Å². The normalized spacial score (nSPS) is 41.7. The van der Waals surface area contributed by atoms with Gasteiger partial charge in [0, 0.05) is 0 Å². The summed E-state index contributed by atoms with van der Waals surface area (Å²) in [5.74, 6) is 0. The topological polar surface area (TPSA) is 158 Å². The molecule has 6 N–H and O–H groups in total. The monoisotopic (exact) mass is 402 g/mol. The third kappa shape index (κ3) is 4.86. The number of rotatable bonds is 6. The Hall–Kier alpha value is -1.18. The van der Waals surface area contributed by atoms with Crippen LogP contribution in [0.4, 0.5) is 0 Å². The minimum atomic E-state index is -1.53. The number of benzene rings is 1. The fourth-order valence-corrected chi connectivity index (χ4v) is 3.06. The molecule has 0 amide bonds. The van der Waals surface area contributed by atoms with Crippen molar-refractivity contribution < 1.29 is 49.6 Å². The third-order valence-electron chi connectivity index (χ3n) is 4.80. The van der Waals surface area contributed by atoms with Crippen LogP contribution in [0.25, 0.3) is 0 Å². The second-order valence-electron chi connectivity index (χ2n) is 6.89. The van der Waals surface area contributed by atoms with Crippen LogP contribution in [0.15, 0.2) is 30.3 Å². The summed E-state index contributed by atoms with van der Waals surface area (Å²) in [6.07, 6.45) is -12.2. The molecular formula is C18H26O10. The van der Waals surface area contributed by atoms with Crippen molar-refractivity contribution in [3.63, 3.8) is 0 Å². The van der Waals surface area contributed by atoms with Crippen LogP contribution in [0.2, 0.25) is 0 Å². The Bertz CT molecular complexity index is 601. The predicted molar refractivity (Wildman–Crippen MR) is 91.6 cm³/mol. The lowest BCUT2D eigenvalue weighted by Crippen LogP contribution is -2.60. The van der Waals surface area contributed by atoms with Crippen molar-refractivity contribution >= 4 is 0 Å². The number of hydrogen-bond acceptors (Lipinski definition) is 10. The zero-order valence-corrected chi connectivity index (χ0v) is 15.0. The molecule has 2 heterocycles. The largest absolute Gasteiger partial charge is 0.388 e. The maximum Gasteiger partial charge on any atom is 0.187 e. The van der Waals surface area contributed by atoms with Gasteiger partial charge in [-0.3, -0.25) is 0 Å². The van der Waals surface area contributed by atoms with Gasteiger partial charge in [0.15, 0.2) is 12.6 Å². The first-order valence-electron chi connectivity index (χ1n) is 9.01. The van der Waals surface area contributed by atoms with Crippen molar-refractivity contribution in [2.75, 3.05) is 13.2 Å². The molecule has 2 saturated heterocycles. The van der Waals surface area contributed by atoms with Crippen LogP contribution < -0.4 is 0 Å². The number of hydrogen-bond donors (Lipinski definition) is 6. The minimum Gasteiger partial charge on any atom is -0.388 e. The second kappa shape index (κ2) is 9.55. The van der Waals surface area contributed by atoms with E-state index < -0.39 is 55.3 Å². The van der Waals surface area contributed by atoms with Crippen LogP contribution in [0, 0.1) is 0 Å². The van der Waals surface area contributed by atoms with Crippen LogP contribution in [0.5, 0.6) is 0 Å². The van der Waals surface area contributed by atoms with E-state index >= 15 is 0 Å². The zero-order chi connectivity index (χ0) is 20.3. The van der Waals surface area contributed by atoms with Gasteiger partial charge in [-0.2, -0.15) is 0 Å². The summed E-state index contributed by atoms with van der Waals surface area (Å²) >= 11 is 0. The summed E-state index contributed by atoms with van der Waals surface area (Å²) in [5, 5.41) is 59.3. The fraction of sp³-hybridized carbons (Fsp3) is 0.667. The van der Waals surface area contributed by atoms with Crippen molar-refractivity contribution in [1.29, 1.82) is 0 Å². The van der Waals surface area contributed by atoms with Crippen LogP contribution >= 0.6 is 0 Å². The third-order valence-corrected chi connectivity index (χ3v) is 4.80. The van der Waals surface area contributed by atoms with E-state index in [9.17, 15) is 30.6 Å². The van der Waals surface area contributed by atoms with Gasteiger partial charge in [-0.25, -0.2) is 0 Å². The Kier molecular flexibility index (Phi) is 7.34. The van der Waals surface area contributed by atoms with Crippen LogP contribution in [0.1, 0.15) is 5.56 Å². The first kappa shape index (κ1) is 21.5. The molecule has 2 aliphatic rings. The lowest BCUT2D eigenvalue weighted by molar-refractivity contribution is -0.322. The summed E-state index contributed by atoms with van der Waals surface area (Å²) in [4.78, 5) is 0. The van der Waals surface area contributed by atoms with Crippen molar-refractivity contribution in [3.8, 4) is 0 Å². The van der Waals surface area contributed by atoms with Crippen molar-refractivity contribution in [2.45, 2.75) is 61.9 Å². The fourth-order valence-electron chi connectivity index (χ4n) is 3.06. The summed E-state index contributed by atoms with van der Waals surface area (Å²) in [5.41, 5.74) is 0.831. The van der Waals surface area contributed by atoms with E-state index in [-0.39, 0.29) is 19.8 Å². The minimum absolute atomic E-state index is 0.119. The first-order valence-corrected chi connectivity index (χ1v) is 9.01. The van der Waals surface area contributed by atoms with Crippen molar-refractivity contribution in [3.05, 3.63) is 35.9 Å². The van der Waals surface area contributed by atoms with Gasteiger partial charge in [-0.05, 0) is 5.56 Å². The highest BCUT2D eigenvalue weighted by Gasteiger charge is 2.45. The standard InChI is InChI=1S/C18H26O10/c19-10-7-26-17(15(23)12(10)20)27-8-11-13(21)14(22)16(24)18(28-11)25-6-9-4-2-1-3-5-9/h1-5,10-24H,6-8H2/t10-,11+,12-,13+,14-,15+,16+,17-,18+/m0/s1. The lowest BCUT2D eigenvalue weighted by Gasteiger charge is -2.41. The quantitative estimate of drug-likeness (QED) is 0.300. The molecule has 0 bridgehead atoms. The maximum absolute atomic E-state index is 10.1. The predicted octanol–water partition coefficient (Wildman–Crippen LogP) is -2.53. The Balaban J connectivity index is 1.56. The Morgan fingerprint density at radius 3 is 2.18 bits per heavy atom. The highest BCUT2D eigenvalue weighted by molar-refractivity contribution is 5.13. The van der Waals surface area contributed by atoms with Crippen LogP contribution in [0.3, 0.4) is 0 Å². The number of aliphatic hydroxyl groups is 6. The lowest BCUT2D eigenvalue weighted by atomic mass is 9.99. The Morgan fingerprint density at radius 1 is 0.786 bits per heavy atom. The average molecular weight is 402 g/mol. The van der Waals surface area contributed by atoms with Gasteiger partial charge < -0.3 is 49.6 Å². The molecule has 0 saturated carbocycles. The SMILES string of the molecule is O[C@@H]1[C@@H](O)[C@H](OCc2ccccc2)O[C@H](CO[C@@H]2OC[C@H](O)[C@H](O)[C@H]2O)[C@H]1O. The first-order chi connectivity index (χ1) is 13.4. The molecule has 158 valence electrons. The van der Waals surface area contributed by atoms with E-state index in [0.29, 0.717) is 0 Å².